The molecular weight excluding hydrogens is 360 g/mol. The number of rotatable bonds is 6. The number of carbonyl (C=O) groups excluding carboxylic acids is 2. The van der Waals surface area contributed by atoms with E-state index in [1.54, 1.807) is 7.11 Å². The highest BCUT2D eigenvalue weighted by molar-refractivity contribution is 9.10. The third-order valence-electron chi connectivity index (χ3n) is 4.32. The van der Waals surface area contributed by atoms with E-state index in [1.807, 2.05) is 18.2 Å². The van der Waals surface area contributed by atoms with E-state index in [-0.39, 0.29) is 24.7 Å². The molecule has 1 aliphatic carbocycles. The molecule has 0 unspecified atom stereocenters. The quantitative estimate of drug-likeness (QED) is 0.793. The van der Waals surface area contributed by atoms with Gasteiger partial charge in [0.25, 0.3) is 0 Å². The van der Waals surface area contributed by atoms with Gasteiger partial charge in [-0.05, 0) is 31.0 Å². The van der Waals surface area contributed by atoms with Crippen molar-refractivity contribution >= 4 is 27.7 Å². The van der Waals surface area contributed by atoms with Gasteiger partial charge >= 0.3 is 0 Å². The molecule has 1 saturated carbocycles. The molecule has 0 atom stereocenters. The number of primary amides is 1. The predicted octanol–water partition coefficient (Wildman–Crippen LogP) is 2.69. The van der Waals surface area contributed by atoms with Crippen LogP contribution in [-0.4, -0.2) is 24.5 Å². The molecule has 126 valence electrons. The summed E-state index contributed by atoms with van der Waals surface area (Å²) < 4.78 is 6.20. The zero-order valence-electron chi connectivity index (χ0n) is 13.4. The first kappa shape index (κ1) is 17.8. The number of amides is 2. The Kier molecular flexibility index (Phi) is 6.04. The maximum Gasteiger partial charge on any atom is 0.225 e. The van der Waals surface area contributed by atoms with Crippen molar-refractivity contribution in [3.8, 4) is 5.75 Å². The molecular formula is C17H23BrN2O3. The molecule has 1 aromatic rings. The summed E-state index contributed by atoms with van der Waals surface area (Å²) in [4.78, 5) is 23.9. The van der Waals surface area contributed by atoms with Crippen LogP contribution in [0.3, 0.4) is 0 Å². The van der Waals surface area contributed by atoms with Gasteiger partial charge in [0.15, 0.2) is 0 Å². The van der Waals surface area contributed by atoms with E-state index in [9.17, 15) is 9.59 Å². The Morgan fingerprint density at radius 3 is 2.61 bits per heavy atom. The third-order valence-corrected chi connectivity index (χ3v) is 4.81. The third kappa shape index (κ3) is 4.96. The summed E-state index contributed by atoms with van der Waals surface area (Å²) in [5, 5.41) is 3.07. The summed E-state index contributed by atoms with van der Waals surface area (Å²) in [7, 11) is 1.58. The largest absolute Gasteiger partial charge is 0.496 e. The van der Waals surface area contributed by atoms with E-state index in [0.717, 1.165) is 42.1 Å². The first-order valence-corrected chi connectivity index (χ1v) is 8.65. The number of nitrogens with one attached hydrogen (secondary N) is 1. The number of carbonyl (C=O) groups is 2. The van der Waals surface area contributed by atoms with Gasteiger partial charge in [0.05, 0.1) is 13.5 Å². The van der Waals surface area contributed by atoms with Gasteiger partial charge in [-0.2, -0.15) is 0 Å². The molecule has 0 spiro atoms. The fourth-order valence-corrected chi connectivity index (χ4v) is 3.71. The zero-order chi connectivity index (χ0) is 16.9. The van der Waals surface area contributed by atoms with E-state index >= 15 is 0 Å². The van der Waals surface area contributed by atoms with Crippen LogP contribution in [0.2, 0.25) is 0 Å². The maximum atomic E-state index is 12.5. The molecule has 2 amide bonds. The van der Waals surface area contributed by atoms with Crippen LogP contribution in [0.25, 0.3) is 0 Å². The second-order valence-electron chi connectivity index (χ2n) is 6.17. The van der Waals surface area contributed by atoms with Crippen LogP contribution in [-0.2, 0) is 16.0 Å². The maximum absolute atomic E-state index is 12.5. The summed E-state index contributed by atoms with van der Waals surface area (Å²) >= 11 is 3.41. The van der Waals surface area contributed by atoms with Crippen LogP contribution in [0, 0.1) is 0 Å². The lowest BCUT2D eigenvalue weighted by atomic mass is 9.79. The van der Waals surface area contributed by atoms with Crippen LogP contribution in [0.1, 0.15) is 44.1 Å². The predicted molar refractivity (Wildman–Crippen MR) is 92.2 cm³/mol. The number of benzene rings is 1. The van der Waals surface area contributed by atoms with Gasteiger partial charge in [-0.3, -0.25) is 9.59 Å². The number of ether oxygens (including phenoxy) is 1. The second-order valence-corrected chi connectivity index (χ2v) is 7.08. The second kappa shape index (κ2) is 7.81. The molecule has 2 rings (SSSR count). The standard InChI is InChI=1S/C17H23BrN2O3/c1-23-14-6-5-13(18)9-12(14)10-16(22)20-17(11-15(19)21)7-3-2-4-8-17/h5-6,9H,2-4,7-8,10-11H2,1H3,(H2,19,21)(H,20,22). The topological polar surface area (TPSA) is 81.4 Å². The molecule has 23 heavy (non-hydrogen) atoms. The Morgan fingerprint density at radius 2 is 2.00 bits per heavy atom. The molecule has 0 saturated heterocycles. The molecule has 1 aromatic carbocycles. The van der Waals surface area contributed by atoms with E-state index in [2.05, 4.69) is 21.2 Å². The highest BCUT2D eigenvalue weighted by Gasteiger charge is 2.35. The minimum atomic E-state index is -0.486. The summed E-state index contributed by atoms with van der Waals surface area (Å²) in [6, 6.07) is 5.57. The number of hydrogen-bond donors (Lipinski definition) is 2. The Labute approximate surface area is 145 Å². The lowest BCUT2D eigenvalue weighted by Crippen LogP contribution is -2.52. The van der Waals surface area contributed by atoms with Gasteiger partial charge in [0.1, 0.15) is 5.75 Å². The van der Waals surface area contributed by atoms with Crippen LogP contribution >= 0.6 is 15.9 Å². The van der Waals surface area contributed by atoms with Crippen LogP contribution in [0.15, 0.2) is 22.7 Å². The molecule has 0 heterocycles. The van der Waals surface area contributed by atoms with Crippen molar-refractivity contribution in [2.24, 2.45) is 5.73 Å². The van der Waals surface area contributed by atoms with Crippen LogP contribution in [0.4, 0.5) is 0 Å². The Hall–Kier alpha value is -1.56. The summed E-state index contributed by atoms with van der Waals surface area (Å²) in [6.07, 6.45) is 5.17. The first-order valence-electron chi connectivity index (χ1n) is 7.86. The molecule has 0 aromatic heterocycles. The lowest BCUT2D eigenvalue weighted by Gasteiger charge is -2.37. The molecule has 0 radical (unpaired) electrons. The molecule has 1 fully saturated rings. The highest BCUT2D eigenvalue weighted by atomic mass is 79.9. The number of methoxy groups -OCH3 is 1. The molecule has 0 bridgehead atoms. The Morgan fingerprint density at radius 1 is 1.30 bits per heavy atom. The van der Waals surface area contributed by atoms with E-state index in [1.165, 1.54) is 0 Å². The van der Waals surface area contributed by atoms with Crippen LogP contribution < -0.4 is 15.8 Å². The summed E-state index contributed by atoms with van der Waals surface area (Å²) in [5.41, 5.74) is 5.71. The lowest BCUT2D eigenvalue weighted by molar-refractivity contribution is -0.124. The van der Waals surface area contributed by atoms with Crippen molar-refractivity contribution in [2.75, 3.05) is 7.11 Å². The van der Waals surface area contributed by atoms with Crippen LogP contribution in [0.5, 0.6) is 5.75 Å². The average molecular weight is 383 g/mol. The SMILES string of the molecule is COc1ccc(Br)cc1CC(=O)NC1(CC(N)=O)CCCCC1. The fourth-order valence-electron chi connectivity index (χ4n) is 3.31. The first-order chi connectivity index (χ1) is 10.9. The number of hydrogen-bond acceptors (Lipinski definition) is 3. The monoisotopic (exact) mass is 382 g/mol. The average Bonchev–Trinajstić information content (AvgIpc) is 2.47. The van der Waals surface area contributed by atoms with Crippen molar-refractivity contribution in [1.82, 2.24) is 5.32 Å². The van der Waals surface area contributed by atoms with Crippen molar-refractivity contribution in [3.63, 3.8) is 0 Å². The minimum Gasteiger partial charge on any atom is -0.496 e. The molecule has 0 aliphatic heterocycles. The summed E-state index contributed by atoms with van der Waals surface area (Å²) in [6.45, 7) is 0. The van der Waals surface area contributed by atoms with Gasteiger partial charge in [-0.25, -0.2) is 0 Å². The van der Waals surface area contributed by atoms with E-state index in [0.29, 0.717) is 5.75 Å². The van der Waals surface area contributed by atoms with Crippen molar-refractivity contribution in [1.29, 1.82) is 0 Å². The highest BCUT2D eigenvalue weighted by Crippen LogP contribution is 2.31. The molecule has 3 N–H and O–H groups in total. The van der Waals surface area contributed by atoms with Gasteiger partial charge in [0.2, 0.25) is 11.8 Å². The minimum absolute atomic E-state index is 0.107. The number of nitrogens with two attached hydrogens (primary N) is 1. The Balaban J connectivity index is 2.10. The van der Waals surface area contributed by atoms with Gasteiger partial charge in [-0.15, -0.1) is 0 Å². The molecule has 5 nitrogen and oxygen atoms in total. The molecule has 6 heteroatoms. The number of halogens is 1. The van der Waals surface area contributed by atoms with E-state index in [4.69, 9.17) is 10.5 Å². The fraction of sp³-hybridized carbons (Fsp3) is 0.529. The summed E-state index contributed by atoms with van der Waals surface area (Å²) in [5.74, 6) is 0.202. The van der Waals surface area contributed by atoms with Crippen molar-refractivity contribution < 1.29 is 14.3 Å². The van der Waals surface area contributed by atoms with Gasteiger partial charge < -0.3 is 15.8 Å². The van der Waals surface area contributed by atoms with Crippen molar-refractivity contribution in [3.05, 3.63) is 28.2 Å². The van der Waals surface area contributed by atoms with Crippen molar-refractivity contribution in [2.45, 2.75) is 50.5 Å². The Bertz CT molecular complexity index is 583. The smallest absolute Gasteiger partial charge is 0.225 e. The van der Waals surface area contributed by atoms with Gasteiger partial charge in [0, 0.05) is 22.0 Å². The van der Waals surface area contributed by atoms with Gasteiger partial charge in [-0.1, -0.05) is 35.2 Å². The normalized spacial score (nSPS) is 16.6. The zero-order valence-corrected chi connectivity index (χ0v) is 14.9. The molecule has 1 aliphatic rings. The van der Waals surface area contributed by atoms with E-state index < -0.39 is 5.54 Å².